The number of hydrogen-bond donors (Lipinski definition) is 0. The maximum absolute atomic E-state index is 11.9. The molecule has 0 unspecified atom stereocenters. The number of rotatable bonds is 4. The van der Waals surface area contributed by atoms with Crippen LogP contribution in [0.5, 0.6) is 5.75 Å². The van der Waals surface area contributed by atoms with Crippen LogP contribution in [0.3, 0.4) is 0 Å². The van der Waals surface area contributed by atoms with Crippen molar-refractivity contribution in [3.63, 3.8) is 0 Å². The van der Waals surface area contributed by atoms with E-state index in [-0.39, 0.29) is 11.0 Å². The van der Waals surface area contributed by atoms with E-state index in [4.69, 9.17) is 14.4 Å². The molecule has 0 saturated carbocycles. The molecule has 3 rings (SSSR count). The summed E-state index contributed by atoms with van der Waals surface area (Å²) in [6.07, 6.45) is 1.98. The average Bonchev–Trinajstić information content (AvgIpc) is 2.56. The molecule has 0 atom stereocenters. The first kappa shape index (κ1) is 13.9. The van der Waals surface area contributed by atoms with Crippen LogP contribution < -0.4 is 10.2 Å². The molecule has 0 spiro atoms. The van der Waals surface area contributed by atoms with E-state index in [0.29, 0.717) is 23.3 Å². The minimum atomic E-state index is -0.320. The van der Waals surface area contributed by atoms with Crippen LogP contribution in [-0.4, -0.2) is 6.61 Å². The monoisotopic (exact) mass is 291 g/mol. The van der Waals surface area contributed by atoms with Crippen LogP contribution in [0.4, 0.5) is 0 Å². The molecule has 1 aromatic heterocycles. The highest BCUT2D eigenvalue weighted by Gasteiger charge is 2.07. The zero-order valence-corrected chi connectivity index (χ0v) is 11.8. The van der Waals surface area contributed by atoms with Gasteiger partial charge in [-0.05, 0) is 17.7 Å². The summed E-state index contributed by atoms with van der Waals surface area (Å²) < 4.78 is 11.0. The molecule has 0 aliphatic rings. The van der Waals surface area contributed by atoms with Crippen LogP contribution in [0.2, 0.25) is 0 Å². The molecule has 4 nitrogen and oxygen atoms in total. The Kier molecular flexibility index (Phi) is 3.88. The van der Waals surface area contributed by atoms with Crippen LogP contribution in [-0.2, 0) is 6.42 Å². The van der Waals surface area contributed by atoms with Gasteiger partial charge in [-0.25, -0.2) is 0 Å². The summed E-state index contributed by atoms with van der Waals surface area (Å²) in [5, 5.41) is 9.21. The molecule has 0 fully saturated rings. The summed E-state index contributed by atoms with van der Waals surface area (Å²) in [4.78, 5) is 11.9. The van der Waals surface area contributed by atoms with E-state index >= 15 is 0 Å². The van der Waals surface area contributed by atoms with Gasteiger partial charge in [0.2, 0.25) is 5.43 Å². The molecule has 0 aliphatic heterocycles. The standard InChI is InChI=1S/C18H13NO3/c19-11-14-12-22-17-10-15(6-7-16(17)18(14)20)21-9-8-13-4-2-1-3-5-13/h1-7,10,12H,8-9H2. The molecule has 0 aliphatic carbocycles. The van der Waals surface area contributed by atoms with Gasteiger partial charge in [0.1, 0.15) is 29.2 Å². The van der Waals surface area contributed by atoms with Crippen LogP contribution in [0.15, 0.2) is 64.0 Å². The molecule has 0 saturated heterocycles. The van der Waals surface area contributed by atoms with E-state index in [9.17, 15) is 4.79 Å². The van der Waals surface area contributed by atoms with Gasteiger partial charge in [-0.1, -0.05) is 30.3 Å². The molecule has 0 bridgehead atoms. The van der Waals surface area contributed by atoms with Crippen molar-refractivity contribution in [3.05, 3.63) is 76.1 Å². The summed E-state index contributed by atoms with van der Waals surface area (Å²) in [6.45, 7) is 0.538. The Bertz CT molecular complexity index is 892. The van der Waals surface area contributed by atoms with E-state index in [2.05, 4.69) is 0 Å². The maximum atomic E-state index is 11.9. The molecule has 0 N–H and O–H groups in total. The summed E-state index contributed by atoms with van der Waals surface area (Å²) in [7, 11) is 0. The fourth-order valence-corrected chi connectivity index (χ4v) is 2.21. The number of benzene rings is 2. The molecule has 0 amide bonds. The Balaban J connectivity index is 1.76. The molecule has 0 radical (unpaired) electrons. The van der Waals surface area contributed by atoms with Gasteiger partial charge in [-0.2, -0.15) is 5.26 Å². The normalized spacial score (nSPS) is 10.3. The quantitative estimate of drug-likeness (QED) is 0.740. The molecular formula is C18H13NO3. The predicted molar refractivity (Wildman–Crippen MR) is 82.8 cm³/mol. The molecule has 4 heteroatoms. The van der Waals surface area contributed by atoms with E-state index in [1.54, 1.807) is 18.2 Å². The summed E-state index contributed by atoms with van der Waals surface area (Å²) in [5.74, 6) is 0.635. The fraction of sp³-hybridized carbons (Fsp3) is 0.111. The zero-order chi connectivity index (χ0) is 15.4. The molecule has 22 heavy (non-hydrogen) atoms. The van der Waals surface area contributed by atoms with Gasteiger partial charge in [0.05, 0.1) is 12.0 Å². The van der Waals surface area contributed by atoms with Gasteiger partial charge in [0.15, 0.2) is 0 Å². The van der Waals surface area contributed by atoms with Crippen molar-refractivity contribution in [2.75, 3.05) is 6.61 Å². The Labute approximate surface area is 127 Å². The van der Waals surface area contributed by atoms with Crippen LogP contribution in [0.25, 0.3) is 11.0 Å². The second-order valence-corrected chi connectivity index (χ2v) is 4.83. The lowest BCUT2D eigenvalue weighted by Gasteiger charge is -2.07. The van der Waals surface area contributed by atoms with Crippen molar-refractivity contribution in [2.24, 2.45) is 0 Å². The minimum Gasteiger partial charge on any atom is -0.493 e. The van der Waals surface area contributed by atoms with Gasteiger partial charge in [-0.3, -0.25) is 4.79 Å². The molecule has 2 aromatic carbocycles. The first-order valence-electron chi connectivity index (χ1n) is 6.90. The van der Waals surface area contributed by atoms with Gasteiger partial charge < -0.3 is 9.15 Å². The lowest BCUT2D eigenvalue weighted by molar-refractivity contribution is 0.322. The number of nitrogens with zero attached hydrogens (tertiary/aromatic N) is 1. The third-order valence-electron chi connectivity index (χ3n) is 3.37. The van der Waals surface area contributed by atoms with Crippen LogP contribution in [0.1, 0.15) is 11.1 Å². The van der Waals surface area contributed by atoms with Crippen LogP contribution in [0, 0.1) is 11.3 Å². The van der Waals surface area contributed by atoms with Gasteiger partial charge in [0, 0.05) is 12.5 Å². The number of hydrogen-bond acceptors (Lipinski definition) is 4. The summed E-state index contributed by atoms with van der Waals surface area (Å²) in [6, 6.07) is 16.9. The third kappa shape index (κ3) is 2.84. The Morgan fingerprint density at radius 2 is 1.95 bits per heavy atom. The largest absolute Gasteiger partial charge is 0.493 e. The van der Waals surface area contributed by atoms with E-state index in [1.807, 2.05) is 36.4 Å². The lowest BCUT2D eigenvalue weighted by atomic mass is 10.1. The zero-order valence-electron chi connectivity index (χ0n) is 11.8. The van der Waals surface area contributed by atoms with Crippen molar-refractivity contribution in [1.82, 2.24) is 0 Å². The SMILES string of the molecule is N#Cc1coc2cc(OCCc3ccccc3)ccc2c1=O. The number of nitriles is 1. The topological polar surface area (TPSA) is 63.2 Å². The highest BCUT2D eigenvalue weighted by atomic mass is 16.5. The predicted octanol–water partition coefficient (Wildman–Crippen LogP) is 3.29. The highest BCUT2D eigenvalue weighted by Crippen LogP contribution is 2.19. The van der Waals surface area contributed by atoms with Gasteiger partial charge in [0.25, 0.3) is 0 Å². The van der Waals surface area contributed by atoms with Crippen LogP contribution >= 0.6 is 0 Å². The Morgan fingerprint density at radius 3 is 2.73 bits per heavy atom. The molecule has 1 heterocycles. The van der Waals surface area contributed by atoms with Crippen molar-refractivity contribution in [2.45, 2.75) is 6.42 Å². The second-order valence-electron chi connectivity index (χ2n) is 4.83. The van der Waals surface area contributed by atoms with E-state index in [1.165, 1.54) is 11.8 Å². The summed E-state index contributed by atoms with van der Waals surface area (Å²) >= 11 is 0. The van der Waals surface area contributed by atoms with Crippen molar-refractivity contribution in [1.29, 1.82) is 5.26 Å². The van der Waals surface area contributed by atoms with E-state index < -0.39 is 0 Å². The first-order valence-corrected chi connectivity index (χ1v) is 6.90. The first-order chi connectivity index (χ1) is 10.8. The lowest BCUT2D eigenvalue weighted by Crippen LogP contribution is -2.06. The molecule has 108 valence electrons. The Hall–Kier alpha value is -3.06. The highest BCUT2D eigenvalue weighted by molar-refractivity contribution is 5.78. The van der Waals surface area contributed by atoms with Crippen molar-refractivity contribution in [3.8, 4) is 11.8 Å². The van der Waals surface area contributed by atoms with Crippen molar-refractivity contribution >= 4 is 11.0 Å². The Morgan fingerprint density at radius 1 is 1.14 bits per heavy atom. The van der Waals surface area contributed by atoms with Crippen molar-refractivity contribution < 1.29 is 9.15 Å². The number of ether oxygens (including phenoxy) is 1. The maximum Gasteiger partial charge on any atom is 0.210 e. The van der Waals surface area contributed by atoms with Gasteiger partial charge >= 0.3 is 0 Å². The summed E-state index contributed by atoms with van der Waals surface area (Å²) in [5.41, 5.74) is 1.31. The average molecular weight is 291 g/mol. The molecular weight excluding hydrogens is 278 g/mol. The smallest absolute Gasteiger partial charge is 0.210 e. The minimum absolute atomic E-state index is 0.00486. The third-order valence-corrected chi connectivity index (χ3v) is 3.37. The fourth-order valence-electron chi connectivity index (χ4n) is 2.21. The molecule has 3 aromatic rings. The number of fused-ring (bicyclic) bond motifs is 1. The second kappa shape index (κ2) is 6.15. The van der Waals surface area contributed by atoms with E-state index in [0.717, 1.165) is 6.42 Å². The van der Waals surface area contributed by atoms with Gasteiger partial charge in [-0.15, -0.1) is 0 Å².